The zero-order chi connectivity index (χ0) is 15.6. The molecule has 6 heteroatoms. The monoisotopic (exact) mass is 288 g/mol. The van der Waals surface area contributed by atoms with Crippen LogP contribution in [-0.2, 0) is 28.6 Å². The summed E-state index contributed by atoms with van der Waals surface area (Å²) in [5.74, 6) is -1.37. The van der Waals surface area contributed by atoms with Crippen molar-refractivity contribution >= 4 is 17.9 Å². The first-order valence-electron chi connectivity index (χ1n) is 6.88. The van der Waals surface area contributed by atoms with Gasteiger partial charge in [0.1, 0.15) is 18.6 Å². The van der Waals surface area contributed by atoms with E-state index in [-0.39, 0.29) is 32.7 Å². The third-order valence-electron chi connectivity index (χ3n) is 2.61. The fraction of sp³-hybridized carbons (Fsp3) is 0.786. The van der Waals surface area contributed by atoms with Crippen LogP contribution in [0, 0.1) is 5.41 Å². The fourth-order valence-corrected chi connectivity index (χ4v) is 1.21. The average Bonchev–Trinajstić information content (AvgIpc) is 2.47. The molecule has 0 bridgehead atoms. The minimum absolute atomic E-state index is 0.167. The van der Waals surface area contributed by atoms with E-state index < -0.39 is 23.3 Å². The molecule has 0 aliphatic heterocycles. The molecule has 0 atom stereocenters. The number of carbonyl (C=O) groups excluding carboxylic acids is 3. The third-order valence-corrected chi connectivity index (χ3v) is 2.61. The lowest BCUT2D eigenvalue weighted by Crippen LogP contribution is -2.40. The van der Waals surface area contributed by atoms with Crippen LogP contribution in [0.5, 0.6) is 0 Å². The van der Waals surface area contributed by atoms with Crippen molar-refractivity contribution in [1.82, 2.24) is 0 Å². The van der Waals surface area contributed by atoms with Crippen LogP contribution < -0.4 is 0 Å². The second-order valence-corrected chi connectivity index (χ2v) is 4.73. The van der Waals surface area contributed by atoms with Crippen LogP contribution in [0.4, 0.5) is 0 Å². The first kappa shape index (κ1) is 18.4. The van der Waals surface area contributed by atoms with Crippen LogP contribution in [0.25, 0.3) is 0 Å². The Morgan fingerprint density at radius 2 is 1.30 bits per heavy atom. The first-order valence-corrected chi connectivity index (χ1v) is 6.88. The lowest BCUT2D eigenvalue weighted by Gasteiger charge is -2.26. The van der Waals surface area contributed by atoms with E-state index in [1.54, 1.807) is 20.8 Å². The Labute approximate surface area is 119 Å². The number of esters is 3. The highest BCUT2D eigenvalue weighted by Gasteiger charge is 2.38. The van der Waals surface area contributed by atoms with Gasteiger partial charge < -0.3 is 14.2 Å². The van der Waals surface area contributed by atoms with Crippen LogP contribution in [0.1, 0.15) is 47.0 Å². The van der Waals surface area contributed by atoms with E-state index in [9.17, 15) is 14.4 Å². The van der Waals surface area contributed by atoms with Gasteiger partial charge in [0.15, 0.2) is 0 Å². The Morgan fingerprint density at radius 3 is 1.65 bits per heavy atom. The van der Waals surface area contributed by atoms with Gasteiger partial charge in [-0.15, -0.1) is 0 Å². The Kier molecular flexibility index (Phi) is 8.59. The predicted octanol–water partition coefficient (Wildman–Crippen LogP) is 1.85. The van der Waals surface area contributed by atoms with Crippen molar-refractivity contribution in [3.63, 3.8) is 0 Å². The molecule has 0 heterocycles. The Balaban J connectivity index is 4.68. The molecule has 0 N–H and O–H groups in total. The van der Waals surface area contributed by atoms with Crippen LogP contribution in [0.2, 0.25) is 0 Å². The zero-order valence-corrected chi connectivity index (χ0v) is 12.7. The highest BCUT2D eigenvalue weighted by Crippen LogP contribution is 2.21. The smallest absolute Gasteiger partial charge is 0.318 e. The molecule has 116 valence electrons. The van der Waals surface area contributed by atoms with E-state index in [0.717, 1.165) is 0 Å². The maximum atomic E-state index is 12.0. The molecule has 20 heavy (non-hydrogen) atoms. The van der Waals surface area contributed by atoms with Gasteiger partial charge in [0, 0.05) is 12.8 Å². The molecule has 0 spiro atoms. The fourth-order valence-electron chi connectivity index (χ4n) is 1.21. The lowest BCUT2D eigenvalue weighted by molar-refractivity contribution is -0.170. The SMILES string of the molecule is CCCOC(=O)C(C)(COC(=O)CC)COC(=O)CC. The molecule has 0 aliphatic carbocycles. The van der Waals surface area contributed by atoms with Crippen molar-refractivity contribution in [3.05, 3.63) is 0 Å². The minimum atomic E-state index is -1.18. The van der Waals surface area contributed by atoms with Gasteiger partial charge in [0.2, 0.25) is 0 Å². The van der Waals surface area contributed by atoms with Gasteiger partial charge in [-0.2, -0.15) is 0 Å². The van der Waals surface area contributed by atoms with Crippen LogP contribution in [0.15, 0.2) is 0 Å². The molecule has 0 radical (unpaired) electrons. The topological polar surface area (TPSA) is 78.9 Å². The van der Waals surface area contributed by atoms with E-state index in [0.29, 0.717) is 6.42 Å². The van der Waals surface area contributed by atoms with Crippen LogP contribution in [-0.4, -0.2) is 37.7 Å². The number of carbonyl (C=O) groups is 3. The highest BCUT2D eigenvalue weighted by molar-refractivity contribution is 5.78. The van der Waals surface area contributed by atoms with E-state index in [4.69, 9.17) is 14.2 Å². The summed E-state index contributed by atoms with van der Waals surface area (Å²) < 4.78 is 15.1. The summed E-state index contributed by atoms with van der Waals surface area (Å²) in [6, 6.07) is 0. The summed E-state index contributed by atoms with van der Waals surface area (Å²) in [7, 11) is 0. The standard InChI is InChI=1S/C14H24O6/c1-5-8-18-13(17)14(4,9-19-11(15)6-2)10-20-12(16)7-3/h5-10H2,1-4H3. The quantitative estimate of drug-likeness (QED) is 0.476. The number of rotatable bonds is 9. The Bertz CT molecular complexity index is 317. The summed E-state index contributed by atoms with van der Waals surface area (Å²) in [5.41, 5.74) is -1.18. The average molecular weight is 288 g/mol. The molecule has 0 amide bonds. The normalized spacial score (nSPS) is 10.8. The second kappa shape index (κ2) is 9.34. The Hall–Kier alpha value is -1.59. The van der Waals surface area contributed by atoms with Crippen molar-refractivity contribution in [2.75, 3.05) is 19.8 Å². The van der Waals surface area contributed by atoms with Crippen molar-refractivity contribution in [3.8, 4) is 0 Å². The number of hydrogen-bond donors (Lipinski definition) is 0. The summed E-state index contributed by atoms with van der Waals surface area (Å²) in [4.78, 5) is 34.4. The molecule has 0 saturated carbocycles. The third kappa shape index (κ3) is 6.54. The largest absolute Gasteiger partial charge is 0.465 e. The summed E-state index contributed by atoms with van der Waals surface area (Å²) in [6.45, 7) is 6.68. The highest BCUT2D eigenvalue weighted by atomic mass is 16.6. The van der Waals surface area contributed by atoms with Gasteiger partial charge in [-0.3, -0.25) is 14.4 Å². The molecule has 0 aromatic rings. The number of ether oxygens (including phenoxy) is 3. The van der Waals surface area contributed by atoms with E-state index in [1.165, 1.54) is 0 Å². The van der Waals surface area contributed by atoms with E-state index in [1.807, 2.05) is 6.92 Å². The molecule has 0 aromatic carbocycles. The van der Waals surface area contributed by atoms with Crippen LogP contribution >= 0.6 is 0 Å². The Morgan fingerprint density at radius 1 is 0.850 bits per heavy atom. The zero-order valence-electron chi connectivity index (χ0n) is 12.7. The van der Waals surface area contributed by atoms with Crippen molar-refractivity contribution in [2.24, 2.45) is 5.41 Å². The molecule has 0 fully saturated rings. The van der Waals surface area contributed by atoms with Crippen molar-refractivity contribution in [1.29, 1.82) is 0 Å². The van der Waals surface area contributed by atoms with Gasteiger partial charge in [0.05, 0.1) is 6.61 Å². The maximum Gasteiger partial charge on any atom is 0.318 e. The minimum Gasteiger partial charge on any atom is -0.465 e. The first-order chi connectivity index (χ1) is 9.39. The molecule has 0 aromatic heterocycles. The van der Waals surface area contributed by atoms with Gasteiger partial charge in [0.25, 0.3) is 0 Å². The van der Waals surface area contributed by atoms with Crippen LogP contribution in [0.3, 0.4) is 0 Å². The van der Waals surface area contributed by atoms with Gasteiger partial charge >= 0.3 is 17.9 Å². The van der Waals surface area contributed by atoms with Gasteiger partial charge in [-0.1, -0.05) is 20.8 Å². The van der Waals surface area contributed by atoms with Crippen molar-refractivity contribution in [2.45, 2.75) is 47.0 Å². The molecular formula is C14H24O6. The summed E-state index contributed by atoms with van der Waals surface area (Å²) in [6.07, 6.45) is 1.12. The summed E-state index contributed by atoms with van der Waals surface area (Å²) in [5, 5.41) is 0. The summed E-state index contributed by atoms with van der Waals surface area (Å²) >= 11 is 0. The van der Waals surface area contributed by atoms with Crippen molar-refractivity contribution < 1.29 is 28.6 Å². The molecular weight excluding hydrogens is 264 g/mol. The van der Waals surface area contributed by atoms with E-state index in [2.05, 4.69) is 0 Å². The molecule has 0 rings (SSSR count). The molecule has 0 aliphatic rings. The lowest BCUT2D eigenvalue weighted by atomic mass is 9.93. The van der Waals surface area contributed by atoms with E-state index >= 15 is 0 Å². The van der Waals surface area contributed by atoms with Gasteiger partial charge in [-0.25, -0.2) is 0 Å². The molecule has 6 nitrogen and oxygen atoms in total. The molecule has 0 unspecified atom stereocenters. The maximum absolute atomic E-state index is 12.0. The van der Waals surface area contributed by atoms with Gasteiger partial charge in [-0.05, 0) is 13.3 Å². The second-order valence-electron chi connectivity index (χ2n) is 4.73. The molecule has 0 saturated heterocycles. The number of hydrogen-bond acceptors (Lipinski definition) is 6. The predicted molar refractivity (Wildman–Crippen MR) is 71.9 cm³/mol.